The lowest BCUT2D eigenvalue weighted by atomic mass is 10.2. The van der Waals surface area contributed by atoms with Crippen LogP contribution >= 0.6 is 23.1 Å². The highest BCUT2D eigenvalue weighted by Crippen LogP contribution is 2.49. The van der Waals surface area contributed by atoms with Crippen LogP contribution in [0.5, 0.6) is 0 Å². The number of para-hydroxylation sites is 1. The molecule has 3 nitrogen and oxygen atoms in total. The van der Waals surface area contributed by atoms with Crippen molar-refractivity contribution in [2.24, 2.45) is 0 Å². The molecule has 0 radical (unpaired) electrons. The van der Waals surface area contributed by atoms with E-state index in [2.05, 4.69) is 49.9 Å². The first-order valence-electron chi connectivity index (χ1n) is 6.52. The maximum Gasteiger partial charge on any atom is 0.330 e. The molecule has 0 aliphatic carbocycles. The molecule has 0 saturated heterocycles. The Labute approximate surface area is 122 Å². The summed E-state index contributed by atoms with van der Waals surface area (Å²) in [6, 6.07) is 8.93. The number of aryl methyl sites for hydroxylation is 1. The summed E-state index contributed by atoms with van der Waals surface area (Å²) in [6.45, 7) is 6.57. The maximum atomic E-state index is 6.29. The van der Waals surface area contributed by atoms with E-state index in [1.807, 2.05) is 16.4 Å². The van der Waals surface area contributed by atoms with E-state index in [0.717, 1.165) is 12.2 Å². The van der Waals surface area contributed by atoms with Gasteiger partial charge in [0.05, 0.1) is 10.9 Å². The topological polar surface area (TPSA) is 33.1 Å². The Morgan fingerprint density at radius 3 is 2.74 bits per heavy atom. The zero-order valence-electron chi connectivity index (χ0n) is 11.4. The molecule has 2 N–H and O–H groups in total. The summed E-state index contributed by atoms with van der Waals surface area (Å²) in [6.07, 6.45) is 0.969. The van der Waals surface area contributed by atoms with Gasteiger partial charge in [-0.25, -0.2) is 4.90 Å². The molecule has 1 aliphatic rings. The Morgan fingerprint density at radius 2 is 2.05 bits per heavy atom. The van der Waals surface area contributed by atoms with Crippen LogP contribution in [-0.4, -0.2) is 6.04 Å². The zero-order chi connectivity index (χ0) is 13.6. The van der Waals surface area contributed by atoms with Gasteiger partial charge in [0.15, 0.2) is 9.22 Å². The number of hydrogen-bond acceptors (Lipinski definition) is 4. The molecule has 1 aromatic carbocycles. The third-order valence-electron chi connectivity index (χ3n) is 3.26. The van der Waals surface area contributed by atoms with Gasteiger partial charge in [0, 0.05) is 6.42 Å². The molecular formula is C14H18N3S2+. The minimum atomic E-state index is 0.384. The smallest absolute Gasteiger partial charge is 0.268 e. The molecular weight excluding hydrogens is 274 g/mol. The molecule has 0 unspecified atom stereocenters. The normalized spacial score (nSPS) is 13.6. The van der Waals surface area contributed by atoms with Gasteiger partial charge in [-0.2, -0.15) is 0 Å². The van der Waals surface area contributed by atoms with E-state index < -0.39 is 0 Å². The SMILES string of the molecule is CCc1sc2c([n+]1N)N(C(C)C)c1ccccc1S2. The second kappa shape index (κ2) is 4.72. The molecule has 2 aromatic rings. The second-order valence-electron chi connectivity index (χ2n) is 4.86. The Hall–Kier alpha value is -1.20. The molecule has 100 valence electrons. The van der Waals surface area contributed by atoms with E-state index in [1.54, 1.807) is 11.3 Å². The first kappa shape index (κ1) is 12.8. The van der Waals surface area contributed by atoms with Gasteiger partial charge in [-0.3, -0.25) is 5.84 Å². The third kappa shape index (κ3) is 1.92. The summed E-state index contributed by atoms with van der Waals surface area (Å²) in [5, 5.41) is 1.22. The number of aromatic nitrogens is 1. The van der Waals surface area contributed by atoms with Crippen molar-refractivity contribution >= 4 is 34.6 Å². The third-order valence-corrected chi connectivity index (χ3v) is 5.79. The summed E-state index contributed by atoms with van der Waals surface area (Å²) in [4.78, 5) is 3.66. The van der Waals surface area contributed by atoms with Crippen LogP contribution in [-0.2, 0) is 6.42 Å². The van der Waals surface area contributed by atoms with E-state index in [4.69, 9.17) is 5.84 Å². The Balaban J connectivity index is 2.22. The number of hydrogen-bond donors (Lipinski definition) is 1. The molecule has 0 fully saturated rings. The van der Waals surface area contributed by atoms with Crippen LogP contribution in [0, 0.1) is 0 Å². The number of rotatable bonds is 2. The van der Waals surface area contributed by atoms with Gasteiger partial charge in [0.25, 0.3) is 0 Å². The standard InChI is InChI=1S/C14H18N3S2/c1-4-12-17(15)13-14(19-12)18-11-8-6-5-7-10(11)16(13)9(2)3/h5-9H,4,15H2,1-3H3/q+1. The molecule has 19 heavy (non-hydrogen) atoms. The second-order valence-corrected chi connectivity index (χ2v) is 7.26. The van der Waals surface area contributed by atoms with Crippen molar-refractivity contribution in [2.75, 3.05) is 10.7 Å². The molecule has 1 aromatic heterocycles. The first-order chi connectivity index (χ1) is 9.13. The molecule has 5 heteroatoms. The molecule has 1 aliphatic heterocycles. The Bertz CT molecular complexity index is 619. The fourth-order valence-corrected chi connectivity index (χ4v) is 4.88. The summed E-state index contributed by atoms with van der Waals surface area (Å²) in [5.74, 6) is 7.43. The van der Waals surface area contributed by atoms with E-state index in [9.17, 15) is 0 Å². The Kier molecular flexibility index (Phi) is 3.19. The maximum absolute atomic E-state index is 6.29. The number of fused-ring (bicyclic) bond motifs is 2. The van der Waals surface area contributed by atoms with Crippen molar-refractivity contribution in [1.29, 1.82) is 0 Å². The number of benzene rings is 1. The molecule has 0 amide bonds. The lowest BCUT2D eigenvalue weighted by Crippen LogP contribution is -2.51. The van der Waals surface area contributed by atoms with Crippen molar-refractivity contribution in [3.63, 3.8) is 0 Å². The van der Waals surface area contributed by atoms with Gasteiger partial charge in [0.1, 0.15) is 5.69 Å². The largest absolute Gasteiger partial charge is 0.330 e. The average molecular weight is 292 g/mol. The summed E-state index contributed by atoms with van der Waals surface area (Å²) in [5.41, 5.74) is 1.26. The predicted molar refractivity (Wildman–Crippen MR) is 81.9 cm³/mol. The molecule has 0 atom stereocenters. The quantitative estimate of drug-likeness (QED) is 0.681. The molecule has 0 saturated carbocycles. The first-order valence-corrected chi connectivity index (χ1v) is 8.15. The van der Waals surface area contributed by atoms with Gasteiger partial charge < -0.3 is 0 Å². The number of nitrogen functional groups attached to an aromatic ring is 1. The van der Waals surface area contributed by atoms with Crippen LogP contribution in [0.25, 0.3) is 0 Å². The van der Waals surface area contributed by atoms with E-state index in [1.165, 1.54) is 19.8 Å². The lowest BCUT2D eigenvalue weighted by Gasteiger charge is -2.26. The summed E-state index contributed by atoms with van der Waals surface area (Å²) >= 11 is 3.64. The van der Waals surface area contributed by atoms with Crippen LogP contribution in [0.2, 0.25) is 0 Å². The van der Waals surface area contributed by atoms with Gasteiger partial charge >= 0.3 is 5.82 Å². The highest BCUT2D eigenvalue weighted by Gasteiger charge is 2.38. The lowest BCUT2D eigenvalue weighted by molar-refractivity contribution is -0.629. The monoisotopic (exact) mass is 292 g/mol. The zero-order valence-corrected chi connectivity index (χ0v) is 13.0. The summed E-state index contributed by atoms with van der Waals surface area (Å²) in [7, 11) is 0. The Morgan fingerprint density at radius 1 is 1.32 bits per heavy atom. The van der Waals surface area contributed by atoms with Crippen LogP contribution in [0.15, 0.2) is 33.4 Å². The van der Waals surface area contributed by atoms with Gasteiger partial charge in [-0.05, 0) is 26.0 Å². The number of thiazole rings is 1. The molecule has 3 rings (SSSR count). The average Bonchev–Trinajstić information content (AvgIpc) is 2.72. The minimum absolute atomic E-state index is 0.384. The van der Waals surface area contributed by atoms with Crippen LogP contribution in [0.4, 0.5) is 11.5 Å². The fraction of sp³-hybridized carbons (Fsp3) is 0.357. The van der Waals surface area contributed by atoms with Gasteiger partial charge in [-0.15, -0.1) is 4.68 Å². The minimum Gasteiger partial charge on any atom is -0.268 e. The van der Waals surface area contributed by atoms with Crippen LogP contribution < -0.4 is 15.4 Å². The van der Waals surface area contributed by atoms with Crippen molar-refractivity contribution in [2.45, 2.75) is 42.3 Å². The van der Waals surface area contributed by atoms with E-state index >= 15 is 0 Å². The summed E-state index contributed by atoms with van der Waals surface area (Å²) < 4.78 is 3.16. The van der Waals surface area contributed by atoms with Crippen molar-refractivity contribution in [3.8, 4) is 0 Å². The highest BCUT2D eigenvalue weighted by molar-refractivity contribution is 8.01. The van der Waals surface area contributed by atoms with Crippen LogP contribution in [0.1, 0.15) is 25.8 Å². The van der Waals surface area contributed by atoms with Crippen LogP contribution in [0.3, 0.4) is 0 Å². The number of nitrogens with zero attached hydrogens (tertiary/aromatic N) is 2. The van der Waals surface area contributed by atoms with E-state index in [-0.39, 0.29) is 0 Å². The molecule has 2 heterocycles. The number of nitrogens with two attached hydrogens (primary N) is 1. The number of anilines is 2. The van der Waals surface area contributed by atoms with E-state index in [0.29, 0.717) is 6.04 Å². The van der Waals surface area contributed by atoms with Crippen molar-refractivity contribution in [1.82, 2.24) is 0 Å². The van der Waals surface area contributed by atoms with Gasteiger partial charge in [-0.1, -0.05) is 42.2 Å². The highest BCUT2D eigenvalue weighted by atomic mass is 32.2. The van der Waals surface area contributed by atoms with Gasteiger partial charge in [0.2, 0.25) is 0 Å². The molecule has 0 bridgehead atoms. The molecule has 0 spiro atoms. The van der Waals surface area contributed by atoms with Crippen molar-refractivity contribution < 1.29 is 4.68 Å². The van der Waals surface area contributed by atoms with Crippen molar-refractivity contribution in [3.05, 3.63) is 29.3 Å². The predicted octanol–water partition coefficient (Wildman–Crippen LogP) is 3.32. The fourth-order valence-electron chi connectivity index (χ4n) is 2.42.